The predicted molar refractivity (Wildman–Crippen MR) is 124 cm³/mol. The number of carbonyl (C=O) groups is 1. The maximum atomic E-state index is 13.6. The van der Waals surface area contributed by atoms with Crippen LogP contribution >= 0.6 is 23.1 Å². The molecule has 30 heavy (non-hydrogen) atoms. The summed E-state index contributed by atoms with van der Waals surface area (Å²) in [5.74, 6) is 0.401. The van der Waals surface area contributed by atoms with Crippen LogP contribution in [0.2, 0.25) is 0 Å². The molecule has 0 atom stereocenters. The Kier molecular flexibility index (Phi) is 6.45. The summed E-state index contributed by atoms with van der Waals surface area (Å²) in [6.07, 6.45) is 0.398. The summed E-state index contributed by atoms with van der Waals surface area (Å²) >= 11 is 3.01. The second-order valence-corrected chi connectivity index (χ2v) is 9.16. The van der Waals surface area contributed by atoms with Crippen molar-refractivity contribution in [1.82, 2.24) is 4.98 Å². The molecule has 1 heterocycles. The highest BCUT2D eigenvalue weighted by Gasteiger charge is 2.20. The highest BCUT2D eigenvalue weighted by molar-refractivity contribution is 7.99. The molecule has 0 aliphatic rings. The SMILES string of the molecule is Cc1ccc(SCCC(=O)N(Cc2ccccc2)c2nc3ccc(F)cc3s2)cc1. The number of halogens is 1. The Morgan fingerprint density at radius 2 is 1.83 bits per heavy atom. The zero-order valence-corrected chi connectivity index (χ0v) is 18.2. The first kappa shape index (κ1) is 20.6. The van der Waals surface area contributed by atoms with Gasteiger partial charge in [0.2, 0.25) is 5.91 Å². The Morgan fingerprint density at radius 1 is 1.07 bits per heavy atom. The Labute approximate surface area is 183 Å². The molecule has 0 aliphatic carbocycles. The third-order valence-corrected chi connectivity index (χ3v) is 6.72. The average Bonchev–Trinajstić information content (AvgIpc) is 3.17. The topological polar surface area (TPSA) is 33.2 Å². The number of amides is 1. The molecule has 0 N–H and O–H groups in total. The lowest BCUT2D eigenvalue weighted by Gasteiger charge is -2.20. The molecule has 6 heteroatoms. The van der Waals surface area contributed by atoms with E-state index in [4.69, 9.17) is 0 Å². The van der Waals surface area contributed by atoms with E-state index in [1.54, 1.807) is 22.7 Å². The fraction of sp³-hybridized carbons (Fsp3) is 0.167. The monoisotopic (exact) mass is 436 g/mol. The molecule has 1 amide bonds. The quantitative estimate of drug-likeness (QED) is 0.312. The summed E-state index contributed by atoms with van der Waals surface area (Å²) in [5.41, 5.74) is 2.95. The molecule has 4 aromatic rings. The summed E-state index contributed by atoms with van der Waals surface area (Å²) in [5, 5.41) is 0.602. The number of hydrogen-bond acceptors (Lipinski definition) is 4. The molecule has 4 rings (SSSR count). The summed E-state index contributed by atoms with van der Waals surface area (Å²) in [6, 6.07) is 22.7. The van der Waals surface area contributed by atoms with Gasteiger partial charge in [-0.1, -0.05) is 59.4 Å². The van der Waals surface area contributed by atoms with Crippen LogP contribution in [0.5, 0.6) is 0 Å². The van der Waals surface area contributed by atoms with Gasteiger partial charge in [0.05, 0.1) is 16.8 Å². The Hall–Kier alpha value is -2.70. The number of hydrogen-bond donors (Lipinski definition) is 0. The molecule has 1 aromatic heterocycles. The third-order valence-electron chi connectivity index (χ3n) is 4.66. The number of aromatic nitrogens is 1. The first-order valence-corrected chi connectivity index (χ1v) is 11.5. The van der Waals surface area contributed by atoms with Crippen LogP contribution in [0.4, 0.5) is 9.52 Å². The maximum Gasteiger partial charge on any atom is 0.229 e. The zero-order valence-electron chi connectivity index (χ0n) is 16.5. The zero-order chi connectivity index (χ0) is 20.9. The van der Waals surface area contributed by atoms with Gasteiger partial charge in [-0.25, -0.2) is 9.37 Å². The number of fused-ring (bicyclic) bond motifs is 1. The lowest BCUT2D eigenvalue weighted by molar-refractivity contribution is -0.118. The van der Waals surface area contributed by atoms with Gasteiger partial charge in [-0.3, -0.25) is 9.69 Å². The van der Waals surface area contributed by atoms with Crippen molar-refractivity contribution in [1.29, 1.82) is 0 Å². The number of thiazole rings is 1. The van der Waals surface area contributed by atoms with Crippen LogP contribution in [0.3, 0.4) is 0 Å². The highest BCUT2D eigenvalue weighted by Crippen LogP contribution is 2.31. The molecular formula is C24H21FN2OS2. The van der Waals surface area contributed by atoms with Crippen molar-refractivity contribution in [2.75, 3.05) is 10.7 Å². The number of carbonyl (C=O) groups excluding carboxylic acids is 1. The van der Waals surface area contributed by atoms with E-state index >= 15 is 0 Å². The molecular weight excluding hydrogens is 415 g/mol. The number of rotatable bonds is 7. The molecule has 152 valence electrons. The largest absolute Gasteiger partial charge is 0.284 e. The van der Waals surface area contributed by atoms with Crippen LogP contribution in [0.25, 0.3) is 10.2 Å². The van der Waals surface area contributed by atoms with E-state index in [9.17, 15) is 9.18 Å². The van der Waals surface area contributed by atoms with Crippen LogP contribution in [-0.2, 0) is 11.3 Å². The number of nitrogens with zero attached hydrogens (tertiary/aromatic N) is 2. The molecule has 0 bridgehead atoms. The predicted octanol–water partition coefficient (Wildman–Crippen LogP) is 6.46. The third kappa shape index (κ3) is 5.07. The molecule has 0 fully saturated rings. The number of thioether (sulfide) groups is 1. The molecule has 0 saturated carbocycles. The van der Waals surface area contributed by atoms with E-state index in [1.165, 1.54) is 29.0 Å². The Morgan fingerprint density at radius 3 is 2.60 bits per heavy atom. The van der Waals surface area contributed by atoms with Crippen molar-refractivity contribution in [3.05, 3.63) is 89.7 Å². The molecule has 0 saturated heterocycles. The molecule has 3 aromatic carbocycles. The van der Waals surface area contributed by atoms with Gasteiger partial charge in [-0.15, -0.1) is 11.8 Å². The fourth-order valence-electron chi connectivity index (χ4n) is 3.06. The molecule has 0 unspecified atom stereocenters. The van der Waals surface area contributed by atoms with Gasteiger partial charge in [0.25, 0.3) is 0 Å². The summed E-state index contributed by atoms with van der Waals surface area (Å²) in [7, 11) is 0. The van der Waals surface area contributed by atoms with Crippen molar-refractivity contribution < 1.29 is 9.18 Å². The second kappa shape index (κ2) is 9.41. The number of anilines is 1. The van der Waals surface area contributed by atoms with Crippen LogP contribution < -0.4 is 4.90 Å². The second-order valence-electron chi connectivity index (χ2n) is 6.99. The lowest BCUT2D eigenvalue weighted by atomic mass is 10.2. The van der Waals surface area contributed by atoms with E-state index in [1.807, 2.05) is 30.3 Å². The molecule has 0 aliphatic heterocycles. The maximum absolute atomic E-state index is 13.6. The van der Waals surface area contributed by atoms with E-state index in [2.05, 4.69) is 36.2 Å². The van der Waals surface area contributed by atoms with Crippen molar-refractivity contribution in [2.24, 2.45) is 0 Å². The van der Waals surface area contributed by atoms with Gasteiger partial charge in [-0.2, -0.15) is 0 Å². The average molecular weight is 437 g/mol. The molecule has 3 nitrogen and oxygen atoms in total. The minimum Gasteiger partial charge on any atom is -0.284 e. The van der Waals surface area contributed by atoms with Gasteiger partial charge in [0.1, 0.15) is 5.82 Å². The number of aryl methyl sites for hydroxylation is 1. The highest BCUT2D eigenvalue weighted by atomic mass is 32.2. The van der Waals surface area contributed by atoms with Crippen molar-refractivity contribution in [3.63, 3.8) is 0 Å². The van der Waals surface area contributed by atoms with Crippen molar-refractivity contribution in [3.8, 4) is 0 Å². The van der Waals surface area contributed by atoms with E-state index in [0.717, 1.165) is 15.2 Å². The first-order chi connectivity index (χ1) is 14.6. The minimum absolute atomic E-state index is 0.0120. The summed E-state index contributed by atoms with van der Waals surface area (Å²) < 4.78 is 14.3. The van der Waals surface area contributed by atoms with E-state index < -0.39 is 0 Å². The Bertz CT molecular complexity index is 1140. The van der Waals surface area contributed by atoms with Gasteiger partial charge in [0, 0.05) is 17.1 Å². The Balaban J connectivity index is 1.52. The summed E-state index contributed by atoms with van der Waals surface area (Å²) in [6.45, 7) is 2.50. The summed E-state index contributed by atoms with van der Waals surface area (Å²) in [4.78, 5) is 20.6. The van der Waals surface area contributed by atoms with Crippen LogP contribution in [-0.4, -0.2) is 16.6 Å². The smallest absolute Gasteiger partial charge is 0.229 e. The van der Waals surface area contributed by atoms with E-state index in [0.29, 0.717) is 29.4 Å². The van der Waals surface area contributed by atoms with Crippen LogP contribution in [0, 0.1) is 12.7 Å². The first-order valence-electron chi connectivity index (χ1n) is 9.68. The van der Waals surface area contributed by atoms with E-state index in [-0.39, 0.29) is 11.7 Å². The fourth-order valence-corrected chi connectivity index (χ4v) is 4.90. The van der Waals surface area contributed by atoms with Crippen LogP contribution in [0.15, 0.2) is 77.7 Å². The van der Waals surface area contributed by atoms with Gasteiger partial charge in [-0.05, 0) is 42.8 Å². The van der Waals surface area contributed by atoms with Crippen LogP contribution in [0.1, 0.15) is 17.5 Å². The lowest BCUT2D eigenvalue weighted by Crippen LogP contribution is -2.30. The molecule has 0 spiro atoms. The van der Waals surface area contributed by atoms with Crippen molar-refractivity contribution >= 4 is 44.4 Å². The minimum atomic E-state index is -0.298. The van der Waals surface area contributed by atoms with Gasteiger partial charge >= 0.3 is 0 Å². The van der Waals surface area contributed by atoms with Gasteiger partial charge < -0.3 is 0 Å². The normalized spacial score (nSPS) is 11.0. The van der Waals surface area contributed by atoms with Gasteiger partial charge in [0.15, 0.2) is 5.13 Å². The number of benzene rings is 3. The standard InChI is InChI=1S/C24H21FN2OS2/c1-17-7-10-20(11-8-17)29-14-13-23(28)27(16-18-5-3-2-4-6-18)24-26-21-12-9-19(25)15-22(21)30-24/h2-12,15H,13-14,16H2,1H3. The molecule has 0 radical (unpaired) electrons. The van der Waals surface area contributed by atoms with Crippen molar-refractivity contribution in [2.45, 2.75) is 24.8 Å².